The highest BCUT2D eigenvalue weighted by Gasteiger charge is 2.15. The molecular weight excluding hydrogens is 256 g/mol. The Morgan fingerprint density at radius 3 is 2.67 bits per heavy atom. The zero-order valence-electron chi connectivity index (χ0n) is 9.37. The fourth-order valence-corrected chi connectivity index (χ4v) is 1.83. The van der Waals surface area contributed by atoms with E-state index < -0.39 is 0 Å². The SMILES string of the molecule is CCOC(OC)C1=C(Br)C=CC(C)C=C1. The number of hydrogen-bond acceptors (Lipinski definition) is 2. The van der Waals surface area contributed by atoms with E-state index in [1.54, 1.807) is 7.11 Å². The third-order valence-electron chi connectivity index (χ3n) is 2.19. The number of methoxy groups -OCH3 is 1. The van der Waals surface area contributed by atoms with Crippen LogP contribution in [0, 0.1) is 5.92 Å². The van der Waals surface area contributed by atoms with Gasteiger partial charge in [-0.2, -0.15) is 0 Å². The largest absolute Gasteiger partial charge is 0.352 e. The molecule has 15 heavy (non-hydrogen) atoms. The Labute approximate surface area is 99.8 Å². The minimum absolute atomic E-state index is 0.296. The minimum Gasteiger partial charge on any atom is -0.352 e. The summed E-state index contributed by atoms with van der Waals surface area (Å²) in [5.74, 6) is 0.439. The van der Waals surface area contributed by atoms with Crippen LogP contribution in [0.2, 0.25) is 0 Å². The molecule has 3 heteroatoms. The molecule has 0 spiro atoms. The fourth-order valence-electron chi connectivity index (χ4n) is 1.36. The van der Waals surface area contributed by atoms with Crippen molar-refractivity contribution in [2.75, 3.05) is 13.7 Å². The molecule has 2 nitrogen and oxygen atoms in total. The van der Waals surface area contributed by atoms with Gasteiger partial charge in [0.15, 0.2) is 6.29 Å². The average Bonchev–Trinajstić information content (AvgIpc) is 2.39. The predicted molar refractivity (Wildman–Crippen MR) is 65.8 cm³/mol. The molecule has 0 amide bonds. The van der Waals surface area contributed by atoms with Crippen LogP contribution in [0.3, 0.4) is 0 Å². The second-order valence-electron chi connectivity index (χ2n) is 3.40. The number of ether oxygens (including phenoxy) is 2. The lowest BCUT2D eigenvalue weighted by atomic mass is 10.1. The van der Waals surface area contributed by atoms with Gasteiger partial charge in [-0.1, -0.05) is 47.2 Å². The zero-order valence-corrected chi connectivity index (χ0v) is 11.0. The highest BCUT2D eigenvalue weighted by Crippen LogP contribution is 2.24. The molecule has 2 unspecified atom stereocenters. The van der Waals surface area contributed by atoms with E-state index in [1.165, 1.54) is 0 Å². The monoisotopic (exact) mass is 272 g/mol. The molecule has 0 aromatic carbocycles. The van der Waals surface area contributed by atoms with Crippen molar-refractivity contribution in [3.8, 4) is 0 Å². The van der Waals surface area contributed by atoms with Crippen molar-refractivity contribution in [1.82, 2.24) is 0 Å². The summed E-state index contributed by atoms with van der Waals surface area (Å²) in [6, 6.07) is 0. The quantitative estimate of drug-likeness (QED) is 0.731. The van der Waals surface area contributed by atoms with E-state index in [0.717, 1.165) is 10.1 Å². The molecule has 84 valence electrons. The van der Waals surface area contributed by atoms with E-state index >= 15 is 0 Å². The summed E-state index contributed by atoms with van der Waals surface area (Å²) in [7, 11) is 1.65. The maximum absolute atomic E-state index is 5.50. The van der Waals surface area contributed by atoms with Crippen LogP contribution in [-0.2, 0) is 9.47 Å². The first kappa shape index (κ1) is 12.7. The maximum Gasteiger partial charge on any atom is 0.184 e. The third kappa shape index (κ3) is 3.59. The van der Waals surface area contributed by atoms with Crippen LogP contribution in [0.25, 0.3) is 0 Å². The molecule has 0 saturated carbocycles. The maximum atomic E-state index is 5.50. The molecule has 0 aromatic rings. The van der Waals surface area contributed by atoms with Crippen LogP contribution < -0.4 is 0 Å². The molecule has 2 atom stereocenters. The Kier molecular flexibility index (Phi) is 5.29. The fraction of sp³-hybridized carbons (Fsp3) is 0.500. The second-order valence-corrected chi connectivity index (χ2v) is 4.26. The standard InChI is InChI=1S/C12H17BrO2/c1-4-15-12(14-3)10-7-5-9(2)6-8-11(10)13/h5-9,12H,4H2,1-3H3. The van der Waals surface area contributed by atoms with Gasteiger partial charge in [0.25, 0.3) is 0 Å². The van der Waals surface area contributed by atoms with Gasteiger partial charge in [-0.25, -0.2) is 0 Å². The minimum atomic E-state index is -0.296. The van der Waals surface area contributed by atoms with Gasteiger partial charge >= 0.3 is 0 Å². The summed E-state index contributed by atoms with van der Waals surface area (Å²) >= 11 is 3.53. The Morgan fingerprint density at radius 1 is 1.40 bits per heavy atom. The molecule has 0 heterocycles. The van der Waals surface area contributed by atoms with Gasteiger partial charge in [0.1, 0.15) is 0 Å². The van der Waals surface area contributed by atoms with Gasteiger partial charge < -0.3 is 9.47 Å². The van der Waals surface area contributed by atoms with Gasteiger partial charge in [0, 0.05) is 23.8 Å². The number of halogens is 1. The molecule has 0 N–H and O–H groups in total. The summed E-state index contributed by atoms with van der Waals surface area (Å²) in [4.78, 5) is 0. The summed E-state index contributed by atoms with van der Waals surface area (Å²) in [6.07, 6.45) is 8.07. The van der Waals surface area contributed by atoms with E-state index in [-0.39, 0.29) is 6.29 Å². The van der Waals surface area contributed by atoms with Gasteiger partial charge in [-0.05, 0) is 12.8 Å². The molecular formula is C12H17BrO2. The smallest absolute Gasteiger partial charge is 0.184 e. The first-order valence-electron chi connectivity index (χ1n) is 5.09. The van der Waals surface area contributed by atoms with Crippen molar-refractivity contribution in [3.05, 3.63) is 34.4 Å². The molecule has 1 aliphatic carbocycles. The Balaban J connectivity index is 2.90. The number of rotatable bonds is 4. The van der Waals surface area contributed by atoms with Gasteiger partial charge in [-0.15, -0.1) is 0 Å². The predicted octanol–water partition coefficient (Wildman–Crippen LogP) is 3.41. The van der Waals surface area contributed by atoms with Crippen LogP contribution in [-0.4, -0.2) is 20.0 Å². The van der Waals surface area contributed by atoms with Crippen molar-refractivity contribution in [2.24, 2.45) is 5.92 Å². The lowest BCUT2D eigenvalue weighted by molar-refractivity contribution is -0.0917. The van der Waals surface area contributed by atoms with E-state index in [2.05, 4.69) is 41.1 Å². The number of hydrogen-bond donors (Lipinski definition) is 0. The first-order valence-corrected chi connectivity index (χ1v) is 5.88. The summed E-state index contributed by atoms with van der Waals surface area (Å²) < 4.78 is 11.8. The molecule has 0 bridgehead atoms. The lowest BCUT2D eigenvalue weighted by Gasteiger charge is -2.17. The normalized spacial score (nSPS) is 23.1. The molecule has 0 fully saturated rings. The van der Waals surface area contributed by atoms with Crippen LogP contribution in [0.4, 0.5) is 0 Å². The lowest BCUT2D eigenvalue weighted by Crippen LogP contribution is -2.17. The third-order valence-corrected chi connectivity index (χ3v) is 2.91. The van der Waals surface area contributed by atoms with Crippen molar-refractivity contribution < 1.29 is 9.47 Å². The van der Waals surface area contributed by atoms with Crippen molar-refractivity contribution in [3.63, 3.8) is 0 Å². The van der Waals surface area contributed by atoms with E-state index in [0.29, 0.717) is 12.5 Å². The number of allylic oxidation sites excluding steroid dienone is 4. The highest BCUT2D eigenvalue weighted by atomic mass is 79.9. The van der Waals surface area contributed by atoms with Crippen molar-refractivity contribution in [2.45, 2.75) is 20.1 Å². The van der Waals surface area contributed by atoms with Gasteiger partial charge in [-0.3, -0.25) is 0 Å². The van der Waals surface area contributed by atoms with E-state index in [9.17, 15) is 0 Å². The zero-order chi connectivity index (χ0) is 11.3. The molecule has 0 aliphatic heterocycles. The Morgan fingerprint density at radius 2 is 2.07 bits per heavy atom. The van der Waals surface area contributed by atoms with Gasteiger partial charge in [0.05, 0.1) is 0 Å². The Bertz CT molecular complexity index is 292. The summed E-state index contributed by atoms with van der Waals surface area (Å²) in [6.45, 7) is 4.73. The molecule has 0 aromatic heterocycles. The topological polar surface area (TPSA) is 18.5 Å². The van der Waals surface area contributed by atoms with Crippen LogP contribution in [0.15, 0.2) is 34.4 Å². The summed E-state index contributed by atoms with van der Waals surface area (Å²) in [5, 5.41) is 0. The second kappa shape index (κ2) is 6.26. The van der Waals surface area contributed by atoms with Gasteiger partial charge in [0.2, 0.25) is 0 Å². The van der Waals surface area contributed by atoms with Crippen molar-refractivity contribution >= 4 is 15.9 Å². The van der Waals surface area contributed by atoms with E-state index in [4.69, 9.17) is 9.47 Å². The van der Waals surface area contributed by atoms with Crippen LogP contribution >= 0.6 is 15.9 Å². The summed E-state index contributed by atoms with van der Waals surface area (Å²) in [5.41, 5.74) is 1.03. The molecule has 0 radical (unpaired) electrons. The first-order chi connectivity index (χ1) is 7.19. The Hall–Kier alpha value is -0.380. The van der Waals surface area contributed by atoms with Crippen LogP contribution in [0.1, 0.15) is 13.8 Å². The van der Waals surface area contributed by atoms with E-state index in [1.807, 2.05) is 13.0 Å². The van der Waals surface area contributed by atoms with Crippen LogP contribution in [0.5, 0.6) is 0 Å². The van der Waals surface area contributed by atoms with Crippen molar-refractivity contribution in [1.29, 1.82) is 0 Å². The molecule has 1 aliphatic rings. The average molecular weight is 273 g/mol. The highest BCUT2D eigenvalue weighted by molar-refractivity contribution is 9.11. The molecule has 1 rings (SSSR count). The molecule has 0 saturated heterocycles.